The van der Waals surface area contributed by atoms with E-state index < -0.39 is 0 Å². The molecule has 134 valence electrons. The van der Waals surface area contributed by atoms with Crippen LogP contribution in [-0.4, -0.2) is 17.6 Å². The number of hydrogen-bond donors (Lipinski definition) is 1. The summed E-state index contributed by atoms with van der Waals surface area (Å²) in [6, 6.07) is 11.6. The van der Waals surface area contributed by atoms with Crippen molar-refractivity contribution in [2.24, 2.45) is 0 Å². The number of fused-ring (bicyclic) bond motifs is 1. The topological polar surface area (TPSA) is 51.2 Å². The Morgan fingerprint density at radius 1 is 1.12 bits per heavy atom. The number of ether oxygens (including phenoxy) is 1. The van der Waals surface area contributed by atoms with Crippen molar-refractivity contribution in [2.75, 3.05) is 11.9 Å². The van der Waals surface area contributed by atoms with E-state index in [1.54, 1.807) is 6.92 Å². The molecule has 0 aliphatic rings. The van der Waals surface area contributed by atoms with Crippen LogP contribution < -0.4 is 5.32 Å². The fourth-order valence-corrected chi connectivity index (χ4v) is 3.38. The van der Waals surface area contributed by atoms with E-state index in [4.69, 9.17) is 16.3 Å². The standard InChI is InChI=1S/C21H21ClN2O2/c1-5-26-21(25)15-10-12(2)18(13(3)11-15)24-19-14(4)16-8-6-7-9-17(16)23-20(19)22/h6-11,24H,5H2,1-4H3. The van der Waals surface area contributed by atoms with Gasteiger partial charge in [-0.1, -0.05) is 29.8 Å². The molecule has 0 aliphatic carbocycles. The Morgan fingerprint density at radius 3 is 2.42 bits per heavy atom. The van der Waals surface area contributed by atoms with E-state index in [-0.39, 0.29) is 5.97 Å². The van der Waals surface area contributed by atoms with Crippen molar-refractivity contribution in [3.8, 4) is 0 Å². The molecular formula is C21H21ClN2O2. The Bertz CT molecular complexity index is 976. The number of anilines is 2. The van der Waals surface area contributed by atoms with Crippen molar-refractivity contribution < 1.29 is 9.53 Å². The van der Waals surface area contributed by atoms with Crippen LogP contribution in [0.4, 0.5) is 11.4 Å². The van der Waals surface area contributed by atoms with Crippen molar-refractivity contribution in [1.82, 2.24) is 4.98 Å². The molecule has 0 radical (unpaired) electrons. The van der Waals surface area contributed by atoms with Crippen LogP contribution in [0.2, 0.25) is 5.15 Å². The Morgan fingerprint density at radius 2 is 1.77 bits per heavy atom. The zero-order chi connectivity index (χ0) is 18.8. The zero-order valence-corrected chi connectivity index (χ0v) is 16.1. The summed E-state index contributed by atoms with van der Waals surface area (Å²) in [7, 11) is 0. The second kappa shape index (κ2) is 7.34. The number of para-hydroxylation sites is 1. The van der Waals surface area contributed by atoms with Crippen LogP contribution in [-0.2, 0) is 4.74 Å². The lowest BCUT2D eigenvalue weighted by Crippen LogP contribution is -2.07. The van der Waals surface area contributed by atoms with Gasteiger partial charge in [0.25, 0.3) is 0 Å². The van der Waals surface area contributed by atoms with Crippen molar-refractivity contribution >= 4 is 39.8 Å². The molecule has 0 amide bonds. The molecule has 0 saturated heterocycles. The molecule has 1 heterocycles. The number of nitrogens with zero attached hydrogens (tertiary/aromatic N) is 1. The van der Waals surface area contributed by atoms with Gasteiger partial charge in [0.1, 0.15) is 0 Å². The minimum Gasteiger partial charge on any atom is -0.462 e. The number of benzene rings is 2. The number of hydrogen-bond acceptors (Lipinski definition) is 4. The monoisotopic (exact) mass is 368 g/mol. The Labute approximate surface area is 158 Å². The SMILES string of the molecule is CCOC(=O)c1cc(C)c(Nc2c(Cl)nc3ccccc3c2C)c(C)c1. The van der Waals surface area contributed by atoms with E-state index in [1.807, 2.05) is 57.2 Å². The summed E-state index contributed by atoms with van der Waals surface area (Å²) >= 11 is 6.44. The van der Waals surface area contributed by atoms with Crippen LogP contribution in [0.15, 0.2) is 36.4 Å². The molecule has 3 aromatic rings. The van der Waals surface area contributed by atoms with Gasteiger partial charge in [0.15, 0.2) is 5.15 Å². The maximum Gasteiger partial charge on any atom is 0.338 e. The Hall–Kier alpha value is -2.59. The third-order valence-corrected chi connectivity index (χ3v) is 4.68. The third-order valence-electron chi connectivity index (χ3n) is 4.40. The highest BCUT2D eigenvalue weighted by atomic mass is 35.5. The molecule has 4 nitrogen and oxygen atoms in total. The highest BCUT2D eigenvalue weighted by Gasteiger charge is 2.15. The minimum atomic E-state index is -0.313. The number of nitrogens with one attached hydrogen (secondary N) is 1. The van der Waals surface area contributed by atoms with Gasteiger partial charge in [-0.3, -0.25) is 0 Å². The number of pyridine rings is 1. The first-order valence-electron chi connectivity index (χ1n) is 8.52. The first-order valence-corrected chi connectivity index (χ1v) is 8.90. The summed E-state index contributed by atoms with van der Waals surface area (Å²) in [6.07, 6.45) is 0. The lowest BCUT2D eigenvalue weighted by molar-refractivity contribution is 0.0526. The fourth-order valence-electron chi connectivity index (χ4n) is 3.10. The number of aromatic nitrogens is 1. The predicted octanol–water partition coefficient (Wildman–Crippen LogP) is 5.73. The molecule has 2 aromatic carbocycles. The van der Waals surface area contributed by atoms with E-state index in [9.17, 15) is 4.79 Å². The van der Waals surface area contributed by atoms with Gasteiger partial charge in [-0.25, -0.2) is 9.78 Å². The largest absolute Gasteiger partial charge is 0.462 e. The van der Waals surface area contributed by atoms with E-state index >= 15 is 0 Å². The molecule has 0 spiro atoms. The van der Waals surface area contributed by atoms with Crippen LogP contribution in [0, 0.1) is 20.8 Å². The highest BCUT2D eigenvalue weighted by molar-refractivity contribution is 6.33. The molecule has 0 atom stereocenters. The molecule has 0 aliphatic heterocycles. The number of aryl methyl sites for hydroxylation is 3. The predicted molar refractivity (Wildman–Crippen MR) is 107 cm³/mol. The van der Waals surface area contributed by atoms with E-state index in [0.717, 1.165) is 39.0 Å². The molecule has 0 fully saturated rings. The van der Waals surface area contributed by atoms with Crippen LogP contribution in [0.1, 0.15) is 34.0 Å². The third kappa shape index (κ3) is 3.37. The van der Waals surface area contributed by atoms with Gasteiger partial charge >= 0.3 is 5.97 Å². The molecule has 3 rings (SSSR count). The zero-order valence-electron chi connectivity index (χ0n) is 15.3. The summed E-state index contributed by atoms with van der Waals surface area (Å²) in [4.78, 5) is 16.5. The first kappa shape index (κ1) is 18.2. The van der Waals surface area contributed by atoms with Crippen molar-refractivity contribution in [3.05, 3.63) is 63.8 Å². The minimum absolute atomic E-state index is 0.313. The van der Waals surface area contributed by atoms with Gasteiger partial charge in [0.2, 0.25) is 0 Å². The number of rotatable bonds is 4. The Balaban J connectivity index is 2.04. The fraction of sp³-hybridized carbons (Fsp3) is 0.238. The van der Waals surface area contributed by atoms with Crippen LogP contribution in [0.25, 0.3) is 10.9 Å². The second-order valence-electron chi connectivity index (χ2n) is 6.25. The van der Waals surface area contributed by atoms with Gasteiger partial charge < -0.3 is 10.1 Å². The first-order chi connectivity index (χ1) is 12.4. The average Bonchev–Trinajstić information content (AvgIpc) is 2.60. The Kier molecular flexibility index (Phi) is 5.14. The van der Waals surface area contributed by atoms with Gasteiger partial charge in [0.05, 0.1) is 23.4 Å². The van der Waals surface area contributed by atoms with Crippen molar-refractivity contribution in [2.45, 2.75) is 27.7 Å². The van der Waals surface area contributed by atoms with E-state index in [2.05, 4.69) is 10.3 Å². The summed E-state index contributed by atoms with van der Waals surface area (Å²) in [5.74, 6) is -0.313. The molecule has 0 unspecified atom stereocenters. The van der Waals surface area contributed by atoms with Gasteiger partial charge in [-0.05, 0) is 62.6 Å². The summed E-state index contributed by atoms with van der Waals surface area (Å²) in [5, 5.41) is 4.90. The second-order valence-corrected chi connectivity index (χ2v) is 6.61. The van der Waals surface area contributed by atoms with Crippen molar-refractivity contribution in [1.29, 1.82) is 0 Å². The van der Waals surface area contributed by atoms with Gasteiger partial charge in [0, 0.05) is 11.1 Å². The normalized spacial score (nSPS) is 10.8. The quantitative estimate of drug-likeness (QED) is 0.471. The summed E-state index contributed by atoms with van der Waals surface area (Å²) in [5.41, 5.74) is 6.03. The molecular weight excluding hydrogens is 348 g/mol. The summed E-state index contributed by atoms with van der Waals surface area (Å²) < 4.78 is 5.09. The lowest BCUT2D eigenvalue weighted by Gasteiger charge is -2.18. The van der Waals surface area contributed by atoms with Gasteiger partial charge in [-0.2, -0.15) is 0 Å². The van der Waals surface area contributed by atoms with Crippen LogP contribution >= 0.6 is 11.6 Å². The van der Waals surface area contributed by atoms with Crippen LogP contribution in [0.3, 0.4) is 0 Å². The molecule has 1 N–H and O–H groups in total. The number of halogens is 1. The molecule has 0 saturated carbocycles. The smallest absolute Gasteiger partial charge is 0.338 e. The highest BCUT2D eigenvalue weighted by Crippen LogP contribution is 2.35. The van der Waals surface area contributed by atoms with Crippen molar-refractivity contribution in [3.63, 3.8) is 0 Å². The maximum atomic E-state index is 12.0. The number of carbonyl (C=O) groups excluding carboxylic acids is 1. The number of esters is 1. The molecule has 5 heteroatoms. The van der Waals surface area contributed by atoms with E-state index in [1.165, 1.54) is 0 Å². The number of carbonyl (C=O) groups is 1. The van der Waals surface area contributed by atoms with E-state index in [0.29, 0.717) is 17.3 Å². The molecule has 1 aromatic heterocycles. The summed E-state index contributed by atoms with van der Waals surface area (Å²) in [6.45, 7) is 8.08. The lowest BCUT2D eigenvalue weighted by atomic mass is 10.0. The molecule has 26 heavy (non-hydrogen) atoms. The maximum absolute atomic E-state index is 12.0. The van der Waals surface area contributed by atoms with Gasteiger partial charge in [-0.15, -0.1) is 0 Å². The molecule has 0 bridgehead atoms. The average molecular weight is 369 g/mol. The van der Waals surface area contributed by atoms with Crippen LogP contribution in [0.5, 0.6) is 0 Å².